The molecule has 1 aromatic rings. The van der Waals surface area contributed by atoms with Crippen LogP contribution in [0.1, 0.15) is 39.4 Å². The average molecular weight is 293 g/mol. The van der Waals surface area contributed by atoms with Gasteiger partial charge in [-0.05, 0) is 24.2 Å². The molecule has 6 heteroatoms. The summed E-state index contributed by atoms with van der Waals surface area (Å²) in [6.45, 7) is 9.41. The summed E-state index contributed by atoms with van der Waals surface area (Å²) in [5.41, 5.74) is 2.98. The summed E-state index contributed by atoms with van der Waals surface area (Å²) >= 11 is 0. The van der Waals surface area contributed by atoms with E-state index in [1.807, 2.05) is 6.07 Å². The Balaban J connectivity index is 2.10. The number of rotatable bonds is 4. The highest BCUT2D eigenvalue weighted by molar-refractivity contribution is 5.49. The fraction of sp³-hybridized carbons (Fsp3) is 0.733. The summed E-state index contributed by atoms with van der Waals surface area (Å²) in [5, 5.41) is 0. The minimum atomic E-state index is 0.378. The zero-order chi connectivity index (χ0) is 15.5. The van der Waals surface area contributed by atoms with Gasteiger partial charge in [-0.2, -0.15) is 0 Å². The molecule has 1 saturated heterocycles. The minimum absolute atomic E-state index is 0.378. The normalized spacial score (nSPS) is 17.1. The van der Waals surface area contributed by atoms with Gasteiger partial charge in [-0.3, -0.25) is 0 Å². The van der Waals surface area contributed by atoms with Crippen molar-refractivity contribution in [3.8, 4) is 0 Å². The first-order valence-electron chi connectivity index (χ1n) is 7.52. The number of nitrogens with zero attached hydrogens (tertiary/aromatic N) is 3. The molecule has 0 radical (unpaired) electrons. The summed E-state index contributed by atoms with van der Waals surface area (Å²) in [5.74, 6) is 8.47. The molecule has 0 aliphatic carbocycles. The lowest BCUT2D eigenvalue weighted by Gasteiger charge is -2.39. The van der Waals surface area contributed by atoms with Gasteiger partial charge in [0.15, 0.2) is 5.82 Å². The van der Waals surface area contributed by atoms with Crippen molar-refractivity contribution in [2.75, 3.05) is 30.5 Å². The SMILES string of the molecule is COCc1nc(NN)cc(N2CCC(C(C)(C)C)CC2)n1. The molecule has 1 aliphatic rings. The molecule has 2 rings (SSSR count). The molecule has 3 N–H and O–H groups in total. The number of anilines is 2. The van der Waals surface area contributed by atoms with E-state index in [0.29, 0.717) is 23.7 Å². The molecule has 0 amide bonds. The maximum Gasteiger partial charge on any atom is 0.158 e. The molecule has 0 unspecified atom stereocenters. The molecule has 0 bridgehead atoms. The number of piperidine rings is 1. The Morgan fingerprint density at radius 1 is 1.33 bits per heavy atom. The van der Waals surface area contributed by atoms with Gasteiger partial charge in [0.2, 0.25) is 0 Å². The molecule has 118 valence electrons. The van der Waals surface area contributed by atoms with Crippen molar-refractivity contribution < 1.29 is 4.74 Å². The molecule has 0 aromatic carbocycles. The largest absolute Gasteiger partial charge is 0.377 e. The Hall–Kier alpha value is -1.40. The first-order chi connectivity index (χ1) is 9.94. The third-order valence-electron chi connectivity index (χ3n) is 4.22. The Kier molecular flexibility index (Phi) is 5.00. The van der Waals surface area contributed by atoms with Crippen molar-refractivity contribution in [3.63, 3.8) is 0 Å². The van der Waals surface area contributed by atoms with Crippen molar-refractivity contribution in [2.24, 2.45) is 17.2 Å². The molecule has 1 aliphatic heterocycles. The third kappa shape index (κ3) is 4.04. The van der Waals surface area contributed by atoms with E-state index in [1.54, 1.807) is 7.11 Å². The van der Waals surface area contributed by atoms with E-state index in [9.17, 15) is 0 Å². The summed E-state index contributed by atoms with van der Waals surface area (Å²) in [4.78, 5) is 11.2. The molecule has 2 heterocycles. The highest BCUT2D eigenvalue weighted by atomic mass is 16.5. The van der Waals surface area contributed by atoms with E-state index in [4.69, 9.17) is 10.6 Å². The average Bonchev–Trinajstić information content (AvgIpc) is 2.46. The molecule has 21 heavy (non-hydrogen) atoms. The number of methoxy groups -OCH3 is 1. The lowest BCUT2D eigenvalue weighted by molar-refractivity contribution is 0.177. The zero-order valence-corrected chi connectivity index (χ0v) is 13.5. The van der Waals surface area contributed by atoms with Crippen LogP contribution in [-0.2, 0) is 11.3 Å². The standard InChI is InChI=1S/C15H27N5O/c1-15(2,3)11-5-7-20(8-6-11)14-9-12(19-16)17-13(18-14)10-21-4/h9,11H,5-8,10,16H2,1-4H3,(H,17,18,19). The second-order valence-corrected chi connectivity index (χ2v) is 6.73. The van der Waals surface area contributed by atoms with E-state index in [-0.39, 0.29) is 0 Å². The highest BCUT2D eigenvalue weighted by Crippen LogP contribution is 2.35. The predicted molar refractivity (Wildman–Crippen MR) is 84.9 cm³/mol. The first-order valence-corrected chi connectivity index (χ1v) is 7.52. The van der Waals surface area contributed by atoms with E-state index in [2.05, 4.69) is 41.1 Å². The fourth-order valence-electron chi connectivity index (χ4n) is 2.89. The summed E-state index contributed by atoms with van der Waals surface area (Å²) in [6, 6.07) is 1.90. The first kappa shape index (κ1) is 16.0. The lowest BCUT2D eigenvalue weighted by Crippen LogP contribution is -2.38. The number of hydrogen-bond donors (Lipinski definition) is 2. The van der Waals surface area contributed by atoms with Crippen LogP contribution in [0.2, 0.25) is 0 Å². The van der Waals surface area contributed by atoms with E-state index in [1.165, 1.54) is 12.8 Å². The lowest BCUT2D eigenvalue weighted by atomic mass is 9.75. The Labute approximate surface area is 127 Å². The highest BCUT2D eigenvalue weighted by Gasteiger charge is 2.29. The van der Waals surface area contributed by atoms with Gasteiger partial charge >= 0.3 is 0 Å². The Morgan fingerprint density at radius 3 is 2.52 bits per heavy atom. The van der Waals surface area contributed by atoms with Gasteiger partial charge in [0, 0.05) is 26.3 Å². The molecule has 0 atom stereocenters. The smallest absolute Gasteiger partial charge is 0.158 e. The molecule has 0 saturated carbocycles. The van der Waals surface area contributed by atoms with E-state index >= 15 is 0 Å². The molecular weight excluding hydrogens is 266 g/mol. The number of nitrogens with two attached hydrogens (primary N) is 1. The molecular formula is C15H27N5O. The van der Waals surface area contributed by atoms with Gasteiger partial charge in [0.05, 0.1) is 0 Å². The van der Waals surface area contributed by atoms with Crippen LogP contribution in [0.5, 0.6) is 0 Å². The van der Waals surface area contributed by atoms with Crippen LogP contribution in [-0.4, -0.2) is 30.2 Å². The zero-order valence-electron chi connectivity index (χ0n) is 13.5. The van der Waals surface area contributed by atoms with Gasteiger partial charge in [-0.15, -0.1) is 0 Å². The topological polar surface area (TPSA) is 76.3 Å². The van der Waals surface area contributed by atoms with Gasteiger partial charge in [-0.1, -0.05) is 20.8 Å². The van der Waals surface area contributed by atoms with E-state index in [0.717, 1.165) is 24.8 Å². The van der Waals surface area contributed by atoms with Crippen LogP contribution in [0, 0.1) is 11.3 Å². The summed E-state index contributed by atoms with van der Waals surface area (Å²) in [7, 11) is 1.64. The fourth-order valence-corrected chi connectivity index (χ4v) is 2.89. The van der Waals surface area contributed by atoms with Gasteiger partial charge < -0.3 is 15.1 Å². The van der Waals surface area contributed by atoms with Crippen LogP contribution < -0.4 is 16.2 Å². The number of hydrogen-bond acceptors (Lipinski definition) is 6. The number of ether oxygens (including phenoxy) is 1. The van der Waals surface area contributed by atoms with Crippen LogP contribution in [0.15, 0.2) is 6.07 Å². The van der Waals surface area contributed by atoms with Crippen LogP contribution in [0.25, 0.3) is 0 Å². The molecule has 1 aromatic heterocycles. The summed E-state index contributed by atoms with van der Waals surface area (Å²) < 4.78 is 5.12. The number of hydrazine groups is 1. The van der Waals surface area contributed by atoms with Gasteiger partial charge in [0.1, 0.15) is 18.2 Å². The van der Waals surface area contributed by atoms with Crippen molar-refractivity contribution in [3.05, 3.63) is 11.9 Å². The second kappa shape index (κ2) is 6.58. The predicted octanol–water partition coefficient (Wildman–Crippen LogP) is 2.17. The number of nitrogen functional groups attached to an aromatic ring is 1. The molecule has 6 nitrogen and oxygen atoms in total. The second-order valence-electron chi connectivity index (χ2n) is 6.73. The van der Waals surface area contributed by atoms with E-state index < -0.39 is 0 Å². The van der Waals surface area contributed by atoms with Crippen molar-refractivity contribution in [1.29, 1.82) is 0 Å². The van der Waals surface area contributed by atoms with Gasteiger partial charge in [0.25, 0.3) is 0 Å². The van der Waals surface area contributed by atoms with Gasteiger partial charge in [-0.25, -0.2) is 15.8 Å². The third-order valence-corrected chi connectivity index (χ3v) is 4.22. The van der Waals surface area contributed by atoms with Crippen molar-refractivity contribution in [2.45, 2.75) is 40.2 Å². The van der Waals surface area contributed by atoms with Crippen molar-refractivity contribution in [1.82, 2.24) is 9.97 Å². The maximum absolute atomic E-state index is 5.49. The van der Waals surface area contributed by atoms with Crippen LogP contribution in [0.3, 0.4) is 0 Å². The Bertz CT molecular complexity index is 464. The quantitative estimate of drug-likeness (QED) is 0.654. The molecule has 1 fully saturated rings. The Morgan fingerprint density at radius 2 is 2.00 bits per heavy atom. The van der Waals surface area contributed by atoms with Crippen LogP contribution in [0.4, 0.5) is 11.6 Å². The van der Waals surface area contributed by atoms with Crippen LogP contribution >= 0.6 is 0 Å². The monoisotopic (exact) mass is 293 g/mol. The number of nitrogens with one attached hydrogen (secondary N) is 1. The van der Waals surface area contributed by atoms with Crippen molar-refractivity contribution >= 4 is 11.6 Å². The summed E-state index contributed by atoms with van der Waals surface area (Å²) in [6.07, 6.45) is 2.39. The number of aromatic nitrogens is 2. The minimum Gasteiger partial charge on any atom is -0.377 e. The maximum atomic E-state index is 5.49. The molecule has 0 spiro atoms.